The summed E-state index contributed by atoms with van der Waals surface area (Å²) < 4.78 is 110. The minimum Gasteiger partial charge on any atom is -0.438 e. The number of sulfonamides is 1. The Balaban J connectivity index is 1.99. The van der Waals surface area contributed by atoms with Crippen molar-refractivity contribution in [1.82, 2.24) is 14.5 Å². The molecule has 1 aromatic heterocycles. The van der Waals surface area contributed by atoms with Crippen molar-refractivity contribution in [1.29, 1.82) is 5.26 Å². The molecule has 0 unspecified atom stereocenters. The van der Waals surface area contributed by atoms with Crippen LogP contribution in [-0.2, 0) is 28.3 Å². The number of aryl methyl sites for hydroxylation is 1. The molecule has 0 bridgehead atoms. The average Bonchev–Trinajstić information content (AvgIpc) is 3.13. The predicted octanol–water partition coefficient (Wildman–Crippen LogP) is 5.97. The monoisotopic (exact) mass is 560 g/mol. The number of aromatic nitrogens is 2. The average molecular weight is 561 g/mol. The lowest BCUT2D eigenvalue weighted by atomic mass is 9.93. The van der Waals surface area contributed by atoms with Gasteiger partial charge in [-0.2, -0.15) is 36.7 Å². The van der Waals surface area contributed by atoms with Gasteiger partial charge < -0.3 is 4.74 Å². The van der Waals surface area contributed by atoms with Gasteiger partial charge in [-0.05, 0) is 56.7 Å². The van der Waals surface area contributed by atoms with E-state index in [9.17, 15) is 40.0 Å². The molecule has 1 heterocycles. The van der Waals surface area contributed by atoms with E-state index in [4.69, 9.17) is 4.74 Å². The van der Waals surface area contributed by atoms with Gasteiger partial charge in [0.15, 0.2) is 5.75 Å². The Morgan fingerprint density at radius 1 is 1.03 bits per heavy atom. The van der Waals surface area contributed by atoms with Gasteiger partial charge in [-0.1, -0.05) is 18.2 Å². The van der Waals surface area contributed by atoms with Gasteiger partial charge in [-0.15, -0.1) is 0 Å². The molecule has 0 aliphatic carbocycles. The maximum absolute atomic E-state index is 12.9. The van der Waals surface area contributed by atoms with E-state index < -0.39 is 39.2 Å². The van der Waals surface area contributed by atoms with Crippen LogP contribution in [0.3, 0.4) is 0 Å². The van der Waals surface area contributed by atoms with Crippen LogP contribution in [0.1, 0.15) is 37.5 Å². The number of nitriles is 1. The van der Waals surface area contributed by atoms with Crippen LogP contribution in [0.4, 0.5) is 26.3 Å². The second kappa shape index (κ2) is 10.3. The Morgan fingerprint density at radius 3 is 2.18 bits per heavy atom. The van der Waals surface area contributed by atoms with Gasteiger partial charge in [0.25, 0.3) is 0 Å². The Labute approximate surface area is 214 Å². The first-order valence-electron chi connectivity index (χ1n) is 11.0. The van der Waals surface area contributed by atoms with E-state index in [0.29, 0.717) is 11.1 Å². The third-order valence-corrected chi connectivity index (χ3v) is 6.86. The highest BCUT2D eigenvalue weighted by Crippen LogP contribution is 2.36. The maximum atomic E-state index is 12.9. The first kappa shape index (κ1) is 29.0. The number of rotatable bonds is 8. The van der Waals surface area contributed by atoms with Gasteiger partial charge in [0.05, 0.1) is 11.1 Å². The molecule has 3 rings (SSSR count). The molecule has 0 spiro atoms. The molecule has 1 N–H and O–H groups in total. The highest BCUT2D eigenvalue weighted by molar-refractivity contribution is 7.89. The molecule has 7 nitrogen and oxygen atoms in total. The molecule has 0 saturated carbocycles. The Hall–Kier alpha value is -3.57. The highest BCUT2D eigenvalue weighted by Gasteiger charge is 2.38. The van der Waals surface area contributed by atoms with Crippen LogP contribution in [0.2, 0.25) is 0 Å². The van der Waals surface area contributed by atoms with Gasteiger partial charge in [-0.25, -0.2) is 17.8 Å². The molecule has 0 amide bonds. The zero-order valence-electron chi connectivity index (χ0n) is 20.3. The van der Waals surface area contributed by atoms with E-state index in [1.165, 1.54) is 36.7 Å². The molecular weight excluding hydrogens is 538 g/mol. The van der Waals surface area contributed by atoms with Crippen LogP contribution in [0, 0.1) is 11.3 Å². The summed E-state index contributed by atoms with van der Waals surface area (Å²) in [5.41, 5.74) is -1.61. The summed E-state index contributed by atoms with van der Waals surface area (Å²) in [6, 6.07) is 11.9. The van der Waals surface area contributed by atoms with Crippen LogP contribution >= 0.6 is 0 Å². The van der Waals surface area contributed by atoms with Crippen LogP contribution in [0.25, 0.3) is 11.3 Å². The summed E-state index contributed by atoms with van der Waals surface area (Å²) in [5.74, 6) is -2.04. The van der Waals surface area contributed by atoms with Crippen molar-refractivity contribution < 1.29 is 39.5 Å². The van der Waals surface area contributed by atoms with Crippen LogP contribution < -0.4 is 9.46 Å². The molecular formula is C24H22F6N4O3S. The number of nitrogens with zero attached hydrogens (tertiary/aromatic N) is 3. The van der Waals surface area contributed by atoms with E-state index in [1.54, 1.807) is 13.0 Å². The number of hydrogen-bond donors (Lipinski definition) is 1. The summed E-state index contributed by atoms with van der Waals surface area (Å²) in [6.45, 7) is 4.70. The summed E-state index contributed by atoms with van der Waals surface area (Å²) in [5, 5.41) is 14.2. The Kier molecular flexibility index (Phi) is 7.86. The zero-order chi connectivity index (χ0) is 28.5. The summed E-state index contributed by atoms with van der Waals surface area (Å²) >= 11 is 0. The predicted molar refractivity (Wildman–Crippen MR) is 126 cm³/mol. The molecule has 0 aliphatic heterocycles. The standard InChI is InChI=1S/C24H22F6N4O3S/c1-4-34-21(37-18-10-8-16(9-11-18)24(28,29)30)19(13-31)20(32-34)15-6-5-7-17(12-15)22(2,3)33-38(35,36)14-23(25,26)27/h5-12,33H,4,14H2,1-3H3. The summed E-state index contributed by atoms with van der Waals surface area (Å²) in [4.78, 5) is 0. The van der Waals surface area contributed by atoms with E-state index in [2.05, 4.69) is 5.10 Å². The number of hydrogen-bond acceptors (Lipinski definition) is 5. The lowest BCUT2D eigenvalue weighted by molar-refractivity contribution is -0.137. The van der Waals surface area contributed by atoms with Crippen molar-refractivity contribution in [2.45, 2.75) is 45.2 Å². The minimum absolute atomic E-state index is 0.0275. The fourth-order valence-electron chi connectivity index (χ4n) is 3.65. The lowest BCUT2D eigenvalue weighted by Gasteiger charge is -2.27. The quantitative estimate of drug-likeness (QED) is 0.343. The summed E-state index contributed by atoms with van der Waals surface area (Å²) in [7, 11) is -4.73. The molecule has 204 valence electrons. The SMILES string of the molecule is CCn1nc(-c2cccc(C(C)(C)NS(=O)(=O)CC(F)(F)F)c2)c(C#N)c1Oc1ccc(C(F)(F)F)cc1. The van der Waals surface area contributed by atoms with E-state index in [0.717, 1.165) is 24.3 Å². The lowest BCUT2D eigenvalue weighted by Crippen LogP contribution is -2.44. The van der Waals surface area contributed by atoms with E-state index in [1.807, 2.05) is 10.8 Å². The topological polar surface area (TPSA) is 97.0 Å². The van der Waals surface area contributed by atoms with Crippen LogP contribution in [0.5, 0.6) is 11.6 Å². The van der Waals surface area contributed by atoms with Crippen molar-refractivity contribution >= 4 is 10.0 Å². The molecule has 0 fully saturated rings. The normalized spacial score (nSPS) is 12.8. The van der Waals surface area contributed by atoms with E-state index >= 15 is 0 Å². The number of ether oxygens (including phenoxy) is 1. The first-order valence-corrected chi connectivity index (χ1v) is 12.7. The van der Waals surface area contributed by atoms with Gasteiger partial charge in [-0.3, -0.25) is 0 Å². The largest absolute Gasteiger partial charge is 0.438 e. The van der Waals surface area contributed by atoms with Gasteiger partial charge in [0, 0.05) is 12.1 Å². The fraction of sp³-hybridized carbons (Fsp3) is 0.333. The zero-order valence-corrected chi connectivity index (χ0v) is 21.1. The number of nitrogens with one attached hydrogen (secondary N) is 1. The first-order chi connectivity index (χ1) is 17.5. The molecule has 2 aromatic carbocycles. The molecule has 14 heteroatoms. The molecule has 0 radical (unpaired) electrons. The van der Waals surface area contributed by atoms with Crippen molar-refractivity contribution in [3.05, 3.63) is 65.2 Å². The van der Waals surface area contributed by atoms with Crippen molar-refractivity contribution in [3.8, 4) is 29.0 Å². The van der Waals surface area contributed by atoms with Crippen molar-refractivity contribution in [2.24, 2.45) is 0 Å². The van der Waals surface area contributed by atoms with Gasteiger partial charge in [0.2, 0.25) is 15.9 Å². The molecule has 0 atom stereocenters. The third-order valence-electron chi connectivity index (χ3n) is 5.34. The third kappa shape index (κ3) is 6.84. The van der Waals surface area contributed by atoms with Crippen LogP contribution in [0.15, 0.2) is 48.5 Å². The molecule has 0 aliphatic rings. The second-order valence-corrected chi connectivity index (χ2v) is 10.5. The number of benzene rings is 2. The second-order valence-electron chi connectivity index (χ2n) is 8.76. The highest BCUT2D eigenvalue weighted by atomic mass is 32.2. The number of halogens is 6. The fourth-order valence-corrected chi connectivity index (χ4v) is 5.04. The maximum Gasteiger partial charge on any atom is 0.416 e. The molecule has 3 aromatic rings. The molecule has 38 heavy (non-hydrogen) atoms. The van der Waals surface area contributed by atoms with E-state index in [-0.39, 0.29) is 29.4 Å². The van der Waals surface area contributed by atoms with Gasteiger partial charge in [0.1, 0.15) is 23.1 Å². The summed E-state index contributed by atoms with van der Waals surface area (Å²) in [6.07, 6.45) is -9.46. The number of alkyl halides is 6. The van der Waals surface area contributed by atoms with Crippen molar-refractivity contribution in [2.75, 3.05) is 5.75 Å². The Bertz CT molecular complexity index is 1450. The van der Waals surface area contributed by atoms with Gasteiger partial charge >= 0.3 is 12.4 Å². The minimum atomic E-state index is -4.93. The smallest absolute Gasteiger partial charge is 0.416 e. The Morgan fingerprint density at radius 2 is 1.66 bits per heavy atom. The van der Waals surface area contributed by atoms with Crippen molar-refractivity contribution in [3.63, 3.8) is 0 Å². The molecule has 0 saturated heterocycles. The van der Waals surface area contributed by atoms with Crippen LogP contribution in [-0.4, -0.2) is 30.1 Å².